The smallest absolute Gasteiger partial charge is 0.128 e. The largest absolute Gasteiger partial charge is 0.389 e. The Morgan fingerprint density at radius 1 is 1.25 bits per heavy atom. The minimum absolute atomic E-state index is 0.0491. The molecular formula is C15H23F2NO2. The summed E-state index contributed by atoms with van der Waals surface area (Å²) in [7, 11) is 1.76. The van der Waals surface area contributed by atoms with Crippen molar-refractivity contribution in [2.45, 2.75) is 39.0 Å². The van der Waals surface area contributed by atoms with Crippen molar-refractivity contribution in [1.29, 1.82) is 0 Å². The average molecular weight is 287 g/mol. The van der Waals surface area contributed by atoms with Crippen molar-refractivity contribution < 1.29 is 18.6 Å². The Morgan fingerprint density at radius 2 is 1.90 bits per heavy atom. The van der Waals surface area contributed by atoms with Gasteiger partial charge in [-0.1, -0.05) is 0 Å². The van der Waals surface area contributed by atoms with Gasteiger partial charge >= 0.3 is 0 Å². The van der Waals surface area contributed by atoms with E-state index in [1.807, 2.05) is 13.8 Å². The number of halogens is 2. The van der Waals surface area contributed by atoms with Crippen LogP contribution >= 0.6 is 0 Å². The Bertz CT molecular complexity index is 426. The molecule has 114 valence electrons. The first-order chi connectivity index (χ1) is 9.31. The zero-order chi connectivity index (χ0) is 15.3. The lowest BCUT2D eigenvalue weighted by Crippen LogP contribution is -2.34. The number of hydrogen-bond acceptors (Lipinski definition) is 3. The van der Waals surface area contributed by atoms with Gasteiger partial charge < -0.3 is 9.84 Å². The Balaban J connectivity index is 2.62. The molecular weight excluding hydrogens is 264 g/mol. The fourth-order valence-electron chi connectivity index (χ4n) is 1.92. The van der Waals surface area contributed by atoms with E-state index in [0.717, 1.165) is 12.1 Å². The van der Waals surface area contributed by atoms with Gasteiger partial charge in [0, 0.05) is 18.2 Å². The molecule has 5 heteroatoms. The summed E-state index contributed by atoms with van der Waals surface area (Å²) in [6, 6.07) is 3.07. The molecule has 0 fully saturated rings. The fourth-order valence-corrected chi connectivity index (χ4v) is 1.92. The summed E-state index contributed by atoms with van der Waals surface area (Å²) in [5.74, 6) is -0.913. The van der Waals surface area contributed by atoms with Gasteiger partial charge in [0.25, 0.3) is 0 Å². The zero-order valence-corrected chi connectivity index (χ0v) is 12.4. The van der Waals surface area contributed by atoms with E-state index in [1.165, 1.54) is 6.07 Å². The van der Waals surface area contributed by atoms with Gasteiger partial charge in [-0.2, -0.15) is 0 Å². The first-order valence-corrected chi connectivity index (χ1v) is 6.76. The van der Waals surface area contributed by atoms with Crippen LogP contribution in [0.25, 0.3) is 0 Å². The second-order valence-corrected chi connectivity index (χ2v) is 5.32. The van der Waals surface area contributed by atoms with Crippen LogP contribution in [0.2, 0.25) is 0 Å². The maximum absolute atomic E-state index is 13.7. The van der Waals surface area contributed by atoms with E-state index in [1.54, 1.807) is 18.9 Å². The molecule has 2 atom stereocenters. The molecule has 0 bridgehead atoms. The monoisotopic (exact) mass is 287 g/mol. The van der Waals surface area contributed by atoms with Crippen molar-refractivity contribution in [3.8, 4) is 0 Å². The van der Waals surface area contributed by atoms with E-state index < -0.39 is 17.7 Å². The van der Waals surface area contributed by atoms with Crippen LogP contribution in [0.4, 0.5) is 8.78 Å². The number of aliphatic hydroxyl groups excluding tert-OH is 1. The number of benzene rings is 1. The molecule has 1 rings (SSSR count). The summed E-state index contributed by atoms with van der Waals surface area (Å²) in [5.41, 5.74) is 0.282. The van der Waals surface area contributed by atoms with Crippen molar-refractivity contribution in [3.63, 3.8) is 0 Å². The van der Waals surface area contributed by atoms with Crippen molar-refractivity contribution in [1.82, 2.24) is 4.90 Å². The van der Waals surface area contributed by atoms with E-state index in [4.69, 9.17) is 4.74 Å². The van der Waals surface area contributed by atoms with Crippen molar-refractivity contribution in [2.24, 2.45) is 0 Å². The molecule has 1 aromatic carbocycles. The molecule has 20 heavy (non-hydrogen) atoms. The lowest BCUT2D eigenvalue weighted by molar-refractivity contribution is -0.00964. The maximum Gasteiger partial charge on any atom is 0.128 e. The molecule has 2 unspecified atom stereocenters. The van der Waals surface area contributed by atoms with Crippen LogP contribution in [0.1, 0.15) is 32.4 Å². The molecule has 0 aliphatic rings. The predicted octanol–water partition coefficient (Wildman–Crippen LogP) is 2.74. The summed E-state index contributed by atoms with van der Waals surface area (Å²) in [6.45, 7) is 6.10. The standard InChI is InChI=1S/C15H23F2NO2/c1-10(2)20-9-13(19)8-18(4)11(3)14-7-12(16)5-6-15(14)17/h5-7,10-11,13,19H,8-9H2,1-4H3. The molecule has 0 spiro atoms. The molecule has 0 amide bonds. The molecule has 1 aromatic rings. The highest BCUT2D eigenvalue weighted by molar-refractivity contribution is 5.21. The predicted molar refractivity (Wildman–Crippen MR) is 74.5 cm³/mol. The lowest BCUT2D eigenvalue weighted by Gasteiger charge is -2.27. The molecule has 0 saturated heterocycles. The van der Waals surface area contributed by atoms with Crippen molar-refractivity contribution >= 4 is 0 Å². The first kappa shape index (κ1) is 17.0. The normalized spacial score (nSPS) is 14.8. The second-order valence-electron chi connectivity index (χ2n) is 5.32. The van der Waals surface area contributed by atoms with Crippen LogP contribution in [0.15, 0.2) is 18.2 Å². The van der Waals surface area contributed by atoms with Gasteiger partial charge in [-0.25, -0.2) is 8.78 Å². The number of nitrogens with zero attached hydrogens (tertiary/aromatic N) is 1. The average Bonchev–Trinajstić information content (AvgIpc) is 2.38. The highest BCUT2D eigenvalue weighted by Gasteiger charge is 2.19. The van der Waals surface area contributed by atoms with Gasteiger partial charge in [0.2, 0.25) is 0 Å². The Labute approximate surface area is 119 Å². The summed E-state index contributed by atoms with van der Waals surface area (Å²) in [5, 5.41) is 9.85. The minimum Gasteiger partial charge on any atom is -0.389 e. The number of likely N-dealkylation sites (N-methyl/N-ethyl adjacent to an activating group) is 1. The van der Waals surface area contributed by atoms with Gasteiger partial charge in [0.15, 0.2) is 0 Å². The third kappa shape index (κ3) is 5.15. The third-order valence-electron chi connectivity index (χ3n) is 3.19. The summed E-state index contributed by atoms with van der Waals surface area (Å²) < 4.78 is 32.2. The quantitative estimate of drug-likeness (QED) is 0.837. The molecule has 1 N–H and O–H groups in total. The van der Waals surface area contributed by atoms with Crippen molar-refractivity contribution in [2.75, 3.05) is 20.2 Å². The van der Waals surface area contributed by atoms with Crippen LogP contribution < -0.4 is 0 Å². The molecule has 0 saturated carbocycles. The van der Waals surface area contributed by atoms with E-state index in [0.29, 0.717) is 6.54 Å². The highest BCUT2D eigenvalue weighted by atomic mass is 19.1. The topological polar surface area (TPSA) is 32.7 Å². The lowest BCUT2D eigenvalue weighted by atomic mass is 10.1. The third-order valence-corrected chi connectivity index (χ3v) is 3.19. The highest BCUT2D eigenvalue weighted by Crippen LogP contribution is 2.22. The van der Waals surface area contributed by atoms with E-state index in [2.05, 4.69) is 0 Å². The summed E-state index contributed by atoms with van der Waals surface area (Å²) in [4.78, 5) is 1.77. The number of hydrogen-bond donors (Lipinski definition) is 1. The fraction of sp³-hybridized carbons (Fsp3) is 0.600. The molecule has 0 radical (unpaired) electrons. The maximum atomic E-state index is 13.7. The van der Waals surface area contributed by atoms with Crippen LogP contribution in [0.5, 0.6) is 0 Å². The van der Waals surface area contributed by atoms with Crippen LogP contribution in [-0.2, 0) is 4.74 Å². The first-order valence-electron chi connectivity index (χ1n) is 6.76. The molecule has 0 aromatic heterocycles. The minimum atomic E-state index is -0.665. The van der Waals surface area contributed by atoms with Gasteiger partial charge in [0.1, 0.15) is 11.6 Å². The Morgan fingerprint density at radius 3 is 2.50 bits per heavy atom. The van der Waals surface area contributed by atoms with Crippen LogP contribution in [-0.4, -0.2) is 42.4 Å². The van der Waals surface area contributed by atoms with E-state index in [-0.39, 0.29) is 24.3 Å². The van der Waals surface area contributed by atoms with Crippen molar-refractivity contribution in [3.05, 3.63) is 35.4 Å². The van der Waals surface area contributed by atoms with Crippen LogP contribution in [0, 0.1) is 11.6 Å². The van der Waals surface area contributed by atoms with Gasteiger partial charge in [-0.15, -0.1) is 0 Å². The SMILES string of the molecule is CC(C)OCC(O)CN(C)C(C)c1cc(F)ccc1F. The van der Waals surface area contributed by atoms with Gasteiger partial charge in [-0.3, -0.25) is 4.90 Å². The molecule has 3 nitrogen and oxygen atoms in total. The Hall–Kier alpha value is -1.04. The van der Waals surface area contributed by atoms with E-state index >= 15 is 0 Å². The summed E-state index contributed by atoms with van der Waals surface area (Å²) >= 11 is 0. The van der Waals surface area contributed by atoms with Gasteiger partial charge in [0.05, 0.1) is 18.8 Å². The van der Waals surface area contributed by atoms with Crippen LogP contribution in [0.3, 0.4) is 0 Å². The Kier molecular flexibility index (Phi) is 6.52. The summed E-state index contributed by atoms with van der Waals surface area (Å²) in [6.07, 6.45) is -0.616. The molecule has 0 aliphatic carbocycles. The van der Waals surface area contributed by atoms with E-state index in [9.17, 15) is 13.9 Å². The zero-order valence-electron chi connectivity index (χ0n) is 12.4. The number of rotatable bonds is 7. The van der Waals surface area contributed by atoms with Gasteiger partial charge in [-0.05, 0) is 46.0 Å². The molecule has 0 heterocycles. The molecule has 0 aliphatic heterocycles. The second kappa shape index (κ2) is 7.67. The number of ether oxygens (including phenoxy) is 1. The number of aliphatic hydroxyl groups is 1.